The molecule has 0 fully saturated rings. The predicted octanol–water partition coefficient (Wildman–Crippen LogP) is 3.60. The summed E-state index contributed by atoms with van der Waals surface area (Å²) in [7, 11) is 2.16. The molecular formula is C22H24N4O. The van der Waals surface area contributed by atoms with Gasteiger partial charge in [0.25, 0.3) is 5.88 Å². The number of hydrogen-bond acceptors (Lipinski definition) is 5. The first-order valence-corrected chi connectivity index (χ1v) is 9.20. The molecule has 0 saturated heterocycles. The Kier molecular flexibility index (Phi) is 4.77. The van der Waals surface area contributed by atoms with Crippen LogP contribution in [0.2, 0.25) is 0 Å². The smallest absolute Gasteiger partial charge is 0.258 e. The lowest BCUT2D eigenvalue weighted by molar-refractivity contribution is 0.295. The normalized spacial score (nSPS) is 14.0. The number of hydrogen-bond donors (Lipinski definition) is 1. The van der Waals surface area contributed by atoms with Crippen molar-refractivity contribution in [1.82, 2.24) is 14.9 Å². The van der Waals surface area contributed by atoms with Crippen molar-refractivity contribution in [3.05, 3.63) is 70.9 Å². The lowest BCUT2D eigenvalue weighted by Gasteiger charge is -2.27. The van der Waals surface area contributed by atoms with Gasteiger partial charge in [0.1, 0.15) is 6.61 Å². The van der Waals surface area contributed by atoms with E-state index in [9.17, 15) is 0 Å². The number of fused-ring (bicyclic) bond motifs is 1. The van der Waals surface area contributed by atoms with Gasteiger partial charge in [-0.05, 0) is 54.8 Å². The number of nitrogens with zero attached hydrogens (tertiary/aromatic N) is 3. The highest BCUT2D eigenvalue weighted by Gasteiger charge is 2.17. The van der Waals surface area contributed by atoms with E-state index in [0.717, 1.165) is 36.3 Å². The molecule has 0 spiro atoms. The van der Waals surface area contributed by atoms with Crippen molar-refractivity contribution in [3.63, 3.8) is 0 Å². The molecule has 2 heterocycles. The van der Waals surface area contributed by atoms with Gasteiger partial charge in [0, 0.05) is 18.7 Å². The van der Waals surface area contributed by atoms with Gasteiger partial charge in [0.2, 0.25) is 0 Å². The molecule has 138 valence electrons. The first-order chi connectivity index (χ1) is 13.1. The molecule has 27 heavy (non-hydrogen) atoms. The zero-order valence-corrected chi connectivity index (χ0v) is 15.8. The van der Waals surface area contributed by atoms with Crippen molar-refractivity contribution in [3.8, 4) is 17.1 Å². The minimum Gasteiger partial charge on any atom is -0.470 e. The summed E-state index contributed by atoms with van der Waals surface area (Å²) in [4.78, 5) is 11.3. The van der Waals surface area contributed by atoms with Crippen molar-refractivity contribution in [2.24, 2.45) is 0 Å². The average molecular weight is 360 g/mol. The van der Waals surface area contributed by atoms with Gasteiger partial charge in [-0.15, -0.1) is 0 Å². The van der Waals surface area contributed by atoms with Crippen molar-refractivity contribution in [2.75, 3.05) is 19.3 Å². The Labute approximate surface area is 159 Å². The third-order valence-electron chi connectivity index (χ3n) is 5.03. The van der Waals surface area contributed by atoms with Crippen LogP contribution in [0.5, 0.6) is 5.88 Å². The molecule has 1 aromatic heterocycles. The van der Waals surface area contributed by atoms with Gasteiger partial charge in [-0.2, -0.15) is 0 Å². The number of likely N-dealkylation sites (N-methyl/N-ethyl adjacent to an activating group) is 1. The fourth-order valence-corrected chi connectivity index (χ4v) is 3.56. The van der Waals surface area contributed by atoms with Gasteiger partial charge < -0.3 is 15.4 Å². The molecule has 1 aliphatic rings. The number of nitrogens with two attached hydrogens (primary N) is 1. The summed E-state index contributed by atoms with van der Waals surface area (Å²) >= 11 is 0. The first kappa shape index (κ1) is 17.5. The highest BCUT2D eigenvalue weighted by atomic mass is 16.5. The molecule has 0 unspecified atom stereocenters. The highest BCUT2D eigenvalue weighted by Crippen LogP contribution is 2.29. The van der Waals surface area contributed by atoms with E-state index in [-0.39, 0.29) is 0 Å². The summed E-state index contributed by atoms with van der Waals surface area (Å²) in [5.74, 6) is 0.688. The van der Waals surface area contributed by atoms with Crippen molar-refractivity contribution >= 4 is 5.82 Å². The Morgan fingerprint density at radius 3 is 2.81 bits per heavy atom. The second kappa shape index (κ2) is 7.37. The van der Waals surface area contributed by atoms with Crippen LogP contribution in [-0.2, 0) is 19.6 Å². The van der Waals surface area contributed by atoms with Gasteiger partial charge in [-0.25, -0.2) is 9.97 Å². The largest absolute Gasteiger partial charge is 0.470 e. The lowest BCUT2D eigenvalue weighted by atomic mass is 9.92. The molecule has 0 bridgehead atoms. The fraction of sp³-hybridized carbons (Fsp3) is 0.273. The first-order valence-electron chi connectivity index (χ1n) is 9.20. The Hall–Kier alpha value is -2.92. The molecular weight excluding hydrogens is 336 g/mol. The SMILES string of the molecule is Cc1cc(-c2cnc(N)c(OCc3ccccc3)n2)cc2c1CCN(C)C2. The van der Waals surface area contributed by atoms with Gasteiger partial charge in [0.15, 0.2) is 5.82 Å². The summed E-state index contributed by atoms with van der Waals surface area (Å²) in [6, 6.07) is 14.4. The van der Waals surface area contributed by atoms with Crippen LogP contribution in [0.25, 0.3) is 11.3 Å². The summed E-state index contributed by atoms with van der Waals surface area (Å²) in [6.07, 6.45) is 2.81. The van der Waals surface area contributed by atoms with Crippen LogP contribution in [0.1, 0.15) is 22.3 Å². The van der Waals surface area contributed by atoms with Crippen LogP contribution < -0.4 is 10.5 Å². The second-order valence-electron chi connectivity index (χ2n) is 7.14. The van der Waals surface area contributed by atoms with E-state index in [0.29, 0.717) is 18.3 Å². The maximum absolute atomic E-state index is 5.99. The van der Waals surface area contributed by atoms with Gasteiger partial charge in [0.05, 0.1) is 11.9 Å². The van der Waals surface area contributed by atoms with Crippen LogP contribution >= 0.6 is 0 Å². The van der Waals surface area contributed by atoms with E-state index < -0.39 is 0 Å². The predicted molar refractivity (Wildman–Crippen MR) is 107 cm³/mol. The zero-order chi connectivity index (χ0) is 18.8. The van der Waals surface area contributed by atoms with E-state index >= 15 is 0 Å². The summed E-state index contributed by atoms with van der Waals surface area (Å²) in [5, 5.41) is 0. The number of anilines is 1. The summed E-state index contributed by atoms with van der Waals surface area (Å²) in [6.45, 7) is 4.65. The molecule has 0 aliphatic carbocycles. The number of rotatable bonds is 4. The maximum Gasteiger partial charge on any atom is 0.258 e. The number of aromatic nitrogens is 2. The second-order valence-corrected chi connectivity index (χ2v) is 7.14. The highest BCUT2D eigenvalue weighted by molar-refractivity contribution is 5.64. The molecule has 0 amide bonds. The maximum atomic E-state index is 5.99. The molecule has 1 aliphatic heterocycles. The number of nitrogen functional groups attached to an aromatic ring is 1. The quantitative estimate of drug-likeness (QED) is 0.770. The average Bonchev–Trinajstić information content (AvgIpc) is 2.67. The van der Waals surface area contributed by atoms with Gasteiger partial charge in [-0.3, -0.25) is 0 Å². The minimum atomic E-state index is 0.309. The molecule has 0 saturated carbocycles. The molecule has 2 aromatic carbocycles. The van der Waals surface area contributed by atoms with Crippen LogP contribution in [0.3, 0.4) is 0 Å². The van der Waals surface area contributed by atoms with Crippen molar-refractivity contribution < 1.29 is 4.74 Å². The number of aryl methyl sites for hydroxylation is 1. The van der Waals surface area contributed by atoms with Crippen molar-refractivity contribution in [1.29, 1.82) is 0 Å². The Morgan fingerprint density at radius 2 is 2.00 bits per heavy atom. The van der Waals surface area contributed by atoms with E-state index in [2.05, 4.69) is 41.0 Å². The number of benzene rings is 2. The van der Waals surface area contributed by atoms with Crippen LogP contribution in [0, 0.1) is 6.92 Å². The molecule has 0 radical (unpaired) electrons. The topological polar surface area (TPSA) is 64.3 Å². The Balaban J connectivity index is 1.63. The van der Waals surface area contributed by atoms with Gasteiger partial charge in [-0.1, -0.05) is 30.3 Å². The lowest BCUT2D eigenvalue weighted by Crippen LogP contribution is -2.27. The third-order valence-corrected chi connectivity index (χ3v) is 5.03. The molecule has 3 aromatic rings. The van der Waals surface area contributed by atoms with E-state index in [1.54, 1.807) is 6.20 Å². The van der Waals surface area contributed by atoms with E-state index in [1.807, 2.05) is 30.3 Å². The summed E-state index contributed by atoms with van der Waals surface area (Å²) < 4.78 is 5.84. The minimum absolute atomic E-state index is 0.309. The zero-order valence-electron chi connectivity index (χ0n) is 15.8. The monoisotopic (exact) mass is 360 g/mol. The molecule has 4 rings (SSSR count). The van der Waals surface area contributed by atoms with E-state index in [4.69, 9.17) is 10.5 Å². The van der Waals surface area contributed by atoms with Crippen LogP contribution in [0.4, 0.5) is 5.82 Å². The standard InChI is InChI=1S/C22H24N4O/c1-15-10-17(11-18-13-26(2)9-8-19(15)18)20-12-24-21(23)22(25-20)27-14-16-6-4-3-5-7-16/h3-7,10-12H,8-9,13-14H2,1-2H3,(H2,23,24). The molecule has 5 heteroatoms. The van der Waals surface area contributed by atoms with Gasteiger partial charge >= 0.3 is 0 Å². The van der Waals surface area contributed by atoms with Crippen molar-refractivity contribution in [2.45, 2.75) is 26.5 Å². The Morgan fingerprint density at radius 1 is 1.19 bits per heavy atom. The van der Waals surface area contributed by atoms with Crippen LogP contribution in [0.15, 0.2) is 48.7 Å². The Bertz CT molecular complexity index is 956. The fourth-order valence-electron chi connectivity index (χ4n) is 3.56. The third kappa shape index (κ3) is 3.78. The summed E-state index contributed by atoms with van der Waals surface area (Å²) in [5.41, 5.74) is 13.0. The number of ether oxygens (including phenoxy) is 1. The molecule has 2 N–H and O–H groups in total. The molecule has 0 atom stereocenters. The molecule has 5 nitrogen and oxygen atoms in total. The van der Waals surface area contributed by atoms with Crippen LogP contribution in [-0.4, -0.2) is 28.5 Å². The van der Waals surface area contributed by atoms with E-state index in [1.165, 1.54) is 16.7 Å².